The summed E-state index contributed by atoms with van der Waals surface area (Å²) >= 11 is 1.89. The Morgan fingerprint density at radius 2 is 1.22 bits per heavy atom. The van der Waals surface area contributed by atoms with Crippen molar-refractivity contribution >= 4 is 64.1 Å². The Hall–Kier alpha value is -3.62. The average molecular weight is 430 g/mol. The lowest BCUT2D eigenvalue weighted by atomic mass is 9.99. The number of thiophene rings is 1. The van der Waals surface area contributed by atoms with Crippen LogP contribution in [0.25, 0.3) is 63.9 Å². The fourth-order valence-electron chi connectivity index (χ4n) is 4.80. The van der Waals surface area contributed by atoms with Crippen LogP contribution in [-0.2, 0) is 0 Å². The van der Waals surface area contributed by atoms with Gasteiger partial charge < -0.3 is 4.98 Å². The molecule has 7 aromatic rings. The molecule has 32 heavy (non-hydrogen) atoms. The minimum Gasteiger partial charge on any atom is -0.354 e. The third-order valence-electron chi connectivity index (χ3n) is 6.19. The van der Waals surface area contributed by atoms with E-state index < -0.39 is 0 Å². The van der Waals surface area contributed by atoms with Crippen LogP contribution in [0.1, 0.15) is 13.8 Å². The van der Waals surface area contributed by atoms with E-state index in [2.05, 4.69) is 102 Å². The Labute approximate surface area is 190 Å². The molecule has 2 heteroatoms. The number of benzene rings is 5. The lowest BCUT2D eigenvalue weighted by Gasteiger charge is -2.05. The Bertz CT molecular complexity index is 1750. The number of hydrogen-bond acceptors (Lipinski definition) is 1. The highest BCUT2D eigenvalue weighted by molar-refractivity contribution is 7.26. The SMILES string of the molecule is CC.c1ccc2cc3c(cc2c1)[nH]c1c(-c2cccc4c2sc2ccccc24)cccc13. The summed E-state index contributed by atoms with van der Waals surface area (Å²) in [6, 6.07) is 35.2. The molecule has 1 nitrogen and oxygen atoms in total. The molecule has 0 spiro atoms. The second-order valence-corrected chi connectivity index (χ2v) is 8.93. The van der Waals surface area contributed by atoms with E-state index in [1.54, 1.807) is 0 Å². The predicted octanol–water partition coefficient (Wildman–Crippen LogP) is 9.54. The second kappa shape index (κ2) is 7.51. The average Bonchev–Trinajstić information content (AvgIpc) is 3.42. The first-order valence-electron chi connectivity index (χ1n) is 11.2. The monoisotopic (exact) mass is 429 g/mol. The molecular weight excluding hydrogens is 406 g/mol. The van der Waals surface area contributed by atoms with E-state index in [0.717, 1.165) is 0 Å². The van der Waals surface area contributed by atoms with Gasteiger partial charge in [0.2, 0.25) is 0 Å². The smallest absolute Gasteiger partial charge is 0.0545 e. The summed E-state index contributed by atoms with van der Waals surface area (Å²) in [4.78, 5) is 3.74. The molecule has 7 rings (SSSR count). The van der Waals surface area contributed by atoms with Gasteiger partial charge in [-0.25, -0.2) is 0 Å². The Balaban J connectivity index is 0.000000953. The van der Waals surface area contributed by atoms with E-state index in [1.165, 1.54) is 63.9 Å². The van der Waals surface area contributed by atoms with Crippen LogP contribution in [0.5, 0.6) is 0 Å². The minimum atomic E-state index is 1.19. The summed E-state index contributed by atoms with van der Waals surface area (Å²) in [6.45, 7) is 4.00. The van der Waals surface area contributed by atoms with Gasteiger partial charge in [-0.1, -0.05) is 92.7 Å². The molecule has 0 atom stereocenters. The number of aromatic nitrogens is 1. The molecule has 0 saturated carbocycles. The standard InChI is InChI=1S/C28H17NS.C2H6/c1-2-8-18-16-25-24(15-17(18)7-1)21-11-5-10-20(27(21)29-25)23-13-6-12-22-19-9-3-4-14-26(19)30-28(22)23;1-2/h1-16,29H;1-2H3. The molecule has 0 unspecified atom stereocenters. The maximum Gasteiger partial charge on any atom is 0.0545 e. The van der Waals surface area contributed by atoms with Gasteiger partial charge in [0.15, 0.2) is 0 Å². The highest BCUT2D eigenvalue weighted by Gasteiger charge is 2.14. The fraction of sp³-hybridized carbons (Fsp3) is 0.0667. The van der Waals surface area contributed by atoms with Crippen molar-refractivity contribution in [3.8, 4) is 11.1 Å². The van der Waals surface area contributed by atoms with Gasteiger partial charge in [-0.3, -0.25) is 0 Å². The molecule has 0 saturated heterocycles. The van der Waals surface area contributed by atoms with Crippen molar-refractivity contribution in [1.82, 2.24) is 4.98 Å². The van der Waals surface area contributed by atoms with Crippen LogP contribution >= 0.6 is 11.3 Å². The molecule has 0 aliphatic rings. The van der Waals surface area contributed by atoms with E-state index >= 15 is 0 Å². The molecule has 2 heterocycles. The zero-order chi connectivity index (χ0) is 21.7. The highest BCUT2D eigenvalue weighted by Crippen LogP contribution is 2.42. The van der Waals surface area contributed by atoms with E-state index in [9.17, 15) is 0 Å². The van der Waals surface area contributed by atoms with E-state index in [4.69, 9.17) is 0 Å². The van der Waals surface area contributed by atoms with Crippen LogP contribution < -0.4 is 0 Å². The van der Waals surface area contributed by atoms with Crippen molar-refractivity contribution in [3.05, 3.63) is 97.1 Å². The summed E-state index contributed by atoms with van der Waals surface area (Å²) in [5.41, 5.74) is 4.98. The van der Waals surface area contributed by atoms with Crippen molar-refractivity contribution in [2.24, 2.45) is 0 Å². The summed E-state index contributed by atoms with van der Waals surface area (Å²) in [6.07, 6.45) is 0. The topological polar surface area (TPSA) is 15.8 Å². The van der Waals surface area contributed by atoms with Crippen LogP contribution in [-0.4, -0.2) is 4.98 Å². The van der Waals surface area contributed by atoms with E-state index in [0.29, 0.717) is 0 Å². The van der Waals surface area contributed by atoms with Crippen molar-refractivity contribution in [2.45, 2.75) is 13.8 Å². The summed E-state index contributed by atoms with van der Waals surface area (Å²) < 4.78 is 2.70. The Morgan fingerprint density at radius 3 is 2.06 bits per heavy atom. The number of para-hydroxylation sites is 1. The number of aromatic amines is 1. The number of nitrogens with one attached hydrogen (secondary N) is 1. The first-order valence-corrected chi connectivity index (χ1v) is 12.0. The van der Waals surface area contributed by atoms with Gasteiger partial charge in [0, 0.05) is 47.6 Å². The number of hydrogen-bond donors (Lipinski definition) is 1. The first kappa shape index (κ1) is 19.1. The molecule has 0 fully saturated rings. The first-order chi connectivity index (χ1) is 15.9. The maximum absolute atomic E-state index is 3.74. The maximum atomic E-state index is 3.74. The molecule has 0 aliphatic heterocycles. The zero-order valence-corrected chi connectivity index (χ0v) is 19.0. The molecule has 5 aromatic carbocycles. The largest absolute Gasteiger partial charge is 0.354 e. The third-order valence-corrected chi connectivity index (χ3v) is 7.41. The van der Waals surface area contributed by atoms with Gasteiger partial charge in [0.1, 0.15) is 0 Å². The molecule has 154 valence electrons. The second-order valence-electron chi connectivity index (χ2n) is 7.88. The number of rotatable bonds is 1. The Kier molecular flexibility index (Phi) is 4.48. The van der Waals surface area contributed by atoms with Gasteiger partial charge in [-0.2, -0.15) is 0 Å². The molecule has 0 aliphatic carbocycles. The van der Waals surface area contributed by atoms with Crippen LogP contribution in [0, 0.1) is 0 Å². The predicted molar refractivity (Wildman–Crippen MR) is 143 cm³/mol. The quantitative estimate of drug-likeness (QED) is 0.267. The van der Waals surface area contributed by atoms with Gasteiger partial charge in [0.25, 0.3) is 0 Å². The molecule has 2 aromatic heterocycles. The van der Waals surface area contributed by atoms with E-state index in [1.807, 2.05) is 25.2 Å². The summed E-state index contributed by atoms with van der Waals surface area (Å²) in [5, 5.41) is 7.80. The van der Waals surface area contributed by atoms with Gasteiger partial charge >= 0.3 is 0 Å². The normalized spacial score (nSPS) is 11.4. The van der Waals surface area contributed by atoms with Gasteiger partial charge in [0.05, 0.1) is 5.52 Å². The van der Waals surface area contributed by atoms with Crippen molar-refractivity contribution < 1.29 is 0 Å². The molecule has 1 N–H and O–H groups in total. The van der Waals surface area contributed by atoms with E-state index in [-0.39, 0.29) is 0 Å². The summed E-state index contributed by atoms with van der Waals surface area (Å²) in [5.74, 6) is 0. The minimum absolute atomic E-state index is 1.19. The summed E-state index contributed by atoms with van der Waals surface area (Å²) in [7, 11) is 0. The molecule has 0 bridgehead atoms. The van der Waals surface area contributed by atoms with Crippen molar-refractivity contribution in [1.29, 1.82) is 0 Å². The van der Waals surface area contributed by atoms with Crippen molar-refractivity contribution in [3.63, 3.8) is 0 Å². The van der Waals surface area contributed by atoms with Crippen LogP contribution in [0.3, 0.4) is 0 Å². The van der Waals surface area contributed by atoms with Crippen LogP contribution in [0.4, 0.5) is 0 Å². The van der Waals surface area contributed by atoms with Gasteiger partial charge in [-0.05, 0) is 29.0 Å². The fourth-order valence-corrected chi connectivity index (χ4v) is 6.03. The highest BCUT2D eigenvalue weighted by atomic mass is 32.1. The zero-order valence-electron chi connectivity index (χ0n) is 18.1. The van der Waals surface area contributed by atoms with Crippen LogP contribution in [0.15, 0.2) is 97.1 Å². The molecule has 0 amide bonds. The van der Waals surface area contributed by atoms with Crippen LogP contribution in [0.2, 0.25) is 0 Å². The number of H-pyrrole nitrogens is 1. The number of fused-ring (bicyclic) bond motifs is 7. The third kappa shape index (κ3) is 2.77. The lowest BCUT2D eigenvalue weighted by Crippen LogP contribution is -1.81. The van der Waals surface area contributed by atoms with Crippen molar-refractivity contribution in [2.75, 3.05) is 0 Å². The lowest BCUT2D eigenvalue weighted by molar-refractivity contribution is 1.50. The van der Waals surface area contributed by atoms with Gasteiger partial charge in [-0.15, -0.1) is 11.3 Å². The molecular formula is C30H23NS. The molecule has 0 radical (unpaired) electrons. The Morgan fingerprint density at radius 1 is 0.562 bits per heavy atom.